The molecule has 0 heterocycles. The highest BCUT2D eigenvalue weighted by Gasteiger charge is 2.51. The number of amides is 2. The minimum absolute atomic E-state index is 0.365. The van der Waals surface area contributed by atoms with Crippen molar-refractivity contribution in [1.29, 1.82) is 0 Å². The van der Waals surface area contributed by atoms with E-state index in [1.807, 2.05) is 25.1 Å². The second-order valence-corrected chi connectivity index (χ2v) is 8.58. The summed E-state index contributed by atoms with van der Waals surface area (Å²) >= 11 is 0. The van der Waals surface area contributed by atoms with E-state index in [1.54, 1.807) is 0 Å². The van der Waals surface area contributed by atoms with E-state index >= 15 is 0 Å². The fourth-order valence-electron chi connectivity index (χ4n) is 5.86. The molecule has 27 heavy (non-hydrogen) atoms. The molecule has 4 aliphatic carbocycles. The smallest absolute Gasteiger partial charge is 0.332 e. The standard InChI is InChI=1S/C21H29N3O3/c1-2-26-19-8-14(12-23-24-20(22)25)3-4-18(19)27-13-21-9-15-5-16(10-21)7-17(6-15)11-21/h3-4,8,12,15-17H,2,5-7,9-11,13H2,1H3,(H3,22,24,25)/b23-12-. The van der Waals surface area contributed by atoms with Crippen LogP contribution in [-0.4, -0.2) is 25.5 Å². The first-order valence-corrected chi connectivity index (χ1v) is 10.0. The zero-order chi connectivity index (χ0) is 18.9. The Labute approximate surface area is 160 Å². The summed E-state index contributed by atoms with van der Waals surface area (Å²) in [5.41, 5.74) is 8.39. The Morgan fingerprint density at radius 2 is 1.85 bits per heavy atom. The maximum Gasteiger partial charge on any atom is 0.332 e. The van der Waals surface area contributed by atoms with Gasteiger partial charge in [-0.15, -0.1) is 0 Å². The summed E-state index contributed by atoms with van der Waals surface area (Å²) < 4.78 is 12.1. The molecule has 0 spiro atoms. The van der Waals surface area contributed by atoms with Crippen molar-refractivity contribution >= 4 is 12.2 Å². The molecule has 4 bridgehead atoms. The number of carbonyl (C=O) groups is 1. The van der Waals surface area contributed by atoms with Gasteiger partial charge in [0.25, 0.3) is 0 Å². The lowest BCUT2D eigenvalue weighted by molar-refractivity contribution is -0.0748. The number of nitrogens with zero attached hydrogens (tertiary/aromatic N) is 1. The molecule has 0 unspecified atom stereocenters. The molecule has 5 rings (SSSR count). The lowest BCUT2D eigenvalue weighted by Gasteiger charge is -2.56. The number of nitrogens with two attached hydrogens (primary N) is 1. The third-order valence-corrected chi connectivity index (χ3v) is 6.35. The zero-order valence-corrected chi connectivity index (χ0v) is 15.9. The van der Waals surface area contributed by atoms with E-state index in [4.69, 9.17) is 15.2 Å². The lowest BCUT2D eigenvalue weighted by Crippen LogP contribution is -2.48. The molecule has 1 aromatic carbocycles. The van der Waals surface area contributed by atoms with Crippen LogP contribution in [-0.2, 0) is 0 Å². The minimum Gasteiger partial charge on any atom is -0.490 e. The predicted molar refractivity (Wildman–Crippen MR) is 104 cm³/mol. The number of ether oxygens (including phenoxy) is 2. The van der Waals surface area contributed by atoms with E-state index < -0.39 is 6.03 Å². The van der Waals surface area contributed by atoms with Crippen LogP contribution in [0.25, 0.3) is 0 Å². The fourth-order valence-corrected chi connectivity index (χ4v) is 5.86. The zero-order valence-electron chi connectivity index (χ0n) is 15.9. The molecule has 4 aliphatic rings. The van der Waals surface area contributed by atoms with Gasteiger partial charge in [0.15, 0.2) is 11.5 Å². The van der Waals surface area contributed by atoms with Gasteiger partial charge in [-0.05, 0) is 87.0 Å². The Morgan fingerprint density at radius 1 is 1.19 bits per heavy atom. The third kappa shape index (κ3) is 4.04. The normalized spacial score (nSPS) is 31.2. The molecule has 0 aromatic heterocycles. The second-order valence-electron chi connectivity index (χ2n) is 8.58. The molecular weight excluding hydrogens is 342 g/mol. The van der Waals surface area contributed by atoms with E-state index in [0.29, 0.717) is 17.8 Å². The SMILES string of the molecule is CCOc1cc(/C=N\NC(N)=O)ccc1OCC12CC3CC(CC(C3)C1)C2. The summed E-state index contributed by atoms with van der Waals surface area (Å²) in [5, 5.41) is 3.80. The van der Waals surface area contributed by atoms with E-state index in [0.717, 1.165) is 35.7 Å². The number of benzene rings is 1. The molecule has 0 atom stereocenters. The van der Waals surface area contributed by atoms with Gasteiger partial charge in [-0.25, -0.2) is 10.2 Å². The van der Waals surface area contributed by atoms with Gasteiger partial charge in [-0.1, -0.05) is 0 Å². The van der Waals surface area contributed by atoms with Gasteiger partial charge < -0.3 is 15.2 Å². The number of rotatable bonds is 7. The van der Waals surface area contributed by atoms with E-state index in [9.17, 15) is 4.79 Å². The molecule has 6 nitrogen and oxygen atoms in total. The van der Waals surface area contributed by atoms with Gasteiger partial charge in [0.2, 0.25) is 0 Å². The minimum atomic E-state index is -0.688. The lowest BCUT2D eigenvalue weighted by atomic mass is 9.50. The average Bonchev–Trinajstić information content (AvgIpc) is 2.60. The van der Waals surface area contributed by atoms with Crippen LogP contribution in [0.5, 0.6) is 11.5 Å². The highest BCUT2D eigenvalue weighted by Crippen LogP contribution is 2.60. The summed E-state index contributed by atoms with van der Waals surface area (Å²) in [7, 11) is 0. The van der Waals surface area contributed by atoms with Crippen molar-refractivity contribution < 1.29 is 14.3 Å². The van der Waals surface area contributed by atoms with Gasteiger partial charge in [-0.3, -0.25) is 0 Å². The molecule has 4 fully saturated rings. The summed E-state index contributed by atoms with van der Waals surface area (Å²) in [5.74, 6) is 4.26. The summed E-state index contributed by atoms with van der Waals surface area (Å²) in [6.45, 7) is 3.30. The van der Waals surface area contributed by atoms with E-state index in [1.165, 1.54) is 44.7 Å². The van der Waals surface area contributed by atoms with E-state index in [-0.39, 0.29) is 0 Å². The summed E-state index contributed by atoms with van der Waals surface area (Å²) in [6.07, 6.45) is 9.84. The fraction of sp³-hybridized carbons (Fsp3) is 0.619. The topological polar surface area (TPSA) is 85.9 Å². The van der Waals surface area contributed by atoms with Crippen LogP contribution in [0.2, 0.25) is 0 Å². The molecule has 3 N–H and O–H groups in total. The van der Waals surface area contributed by atoms with Crippen molar-refractivity contribution in [3.63, 3.8) is 0 Å². The molecule has 0 saturated heterocycles. The first kappa shape index (κ1) is 18.1. The van der Waals surface area contributed by atoms with Crippen molar-refractivity contribution in [1.82, 2.24) is 5.43 Å². The van der Waals surface area contributed by atoms with Crippen LogP contribution in [0, 0.1) is 23.2 Å². The Morgan fingerprint density at radius 3 is 2.44 bits per heavy atom. The first-order chi connectivity index (χ1) is 13.0. The molecule has 0 aliphatic heterocycles. The van der Waals surface area contributed by atoms with Crippen LogP contribution < -0.4 is 20.6 Å². The molecule has 2 amide bonds. The van der Waals surface area contributed by atoms with Crippen molar-refractivity contribution in [2.24, 2.45) is 34.0 Å². The molecule has 6 heteroatoms. The monoisotopic (exact) mass is 371 g/mol. The average molecular weight is 371 g/mol. The Bertz CT molecular complexity index is 696. The van der Waals surface area contributed by atoms with Crippen molar-refractivity contribution in [3.8, 4) is 11.5 Å². The van der Waals surface area contributed by atoms with Crippen molar-refractivity contribution in [2.75, 3.05) is 13.2 Å². The number of hydrazone groups is 1. The largest absolute Gasteiger partial charge is 0.490 e. The third-order valence-electron chi connectivity index (χ3n) is 6.35. The molecule has 0 radical (unpaired) electrons. The van der Waals surface area contributed by atoms with Gasteiger partial charge in [-0.2, -0.15) is 5.10 Å². The Balaban J connectivity index is 1.45. The predicted octanol–water partition coefficient (Wildman–Crippen LogP) is 3.68. The van der Waals surface area contributed by atoms with Crippen LogP contribution >= 0.6 is 0 Å². The molecule has 4 saturated carbocycles. The highest BCUT2D eigenvalue weighted by molar-refractivity contribution is 5.82. The van der Waals surface area contributed by atoms with Gasteiger partial charge in [0, 0.05) is 5.41 Å². The van der Waals surface area contributed by atoms with Crippen molar-refractivity contribution in [3.05, 3.63) is 23.8 Å². The van der Waals surface area contributed by atoms with Crippen LogP contribution in [0.4, 0.5) is 4.79 Å². The molecule has 146 valence electrons. The molecule has 1 aromatic rings. The maximum atomic E-state index is 10.7. The Hall–Kier alpha value is -2.24. The maximum absolute atomic E-state index is 10.7. The summed E-state index contributed by atoms with van der Waals surface area (Å²) in [6, 6.07) is 5.03. The highest BCUT2D eigenvalue weighted by atomic mass is 16.5. The summed E-state index contributed by atoms with van der Waals surface area (Å²) in [4.78, 5) is 10.7. The number of primary amides is 1. The number of urea groups is 1. The van der Waals surface area contributed by atoms with Gasteiger partial charge in [0.1, 0.15) is 0 Å². The number of carbonyl (C=O) groups excluding carboxylic acids is 1. The molecular formula is C21H29N3O3. The quantitative estimate of drug-likeness (QED) is 0.566. The van der Waals surface area contributed by atoms with Crippen LogP contribution in [0.15, 0.2) is 23.3 Å². The Kier molecular flexibility index (Phi) is 4.98. The number of hydrogen-bond donors (Lipinski definition) is 2. The van der Waals surface area contributed by atoms with Crippen LogP contribution in [0.3, 0.4) is 0 Å². The number of nitrogens with one attached hydrogen (secondary N) is 1. The van der Waals surface area contributed by atoms with E-state index in [2.05, 4.69) is 10.5 Å². The van der Waals surface area contributed by atoms with Gasteiger partial charge >= 0.3 is 6.03 Å². The van der Waals surface area contributed by atoms with Crippen molar-refractivity contribution in [2.45, 2.75) is 45.4 Å². The second kappa shape index (κ2) is 7.41. The van der Waals surface area contributed by atoms with Gasteiger partial charge in [0.05, 0.1) is 19.4 Å². The number of hydrogen-bond acceptors (Lipinski definition) is 4. The van der Waals surface area contributed by atoms with Crippen LogP contribution in [0.1, 0.15) is 51.0 Å². The first-order valence-electron chi connectivity index (χ1n) is 10.0.